The number of likely N-dealkylation sites (N-methyl/N-ethyl adjacent to an activating group) is 1. The number of ether oxygens (including phenoxy) is 1. The molecule has 13 heavy (non-hydrogen) atoms. The zero-order valence-electron chi connectivity index (χ0n) is 8.13. The Balaban J connectivity index is 3.32. The van der Waals surface area contributed by atoms with Crippen LogP contribution in [-0.4, -0.2) is 43.6 Å². The molecule has 0 aromatic heterocycles. The fraction of sp³-hybridized carbons (Fsp3) is 0.889. The smallest absolute Gasteiger partial charge is 0.0635 e. The summed E-state index contributed by atoms with van der Waals surface area (Å²) in [6.07, 6.45) is 0.587. The molecule has 0 saturated heterocycles. The highest BCUT2D eigenvalue weighted by molar-refractivity contribution is 6.17. The topological polar surface area (TPSA) is 36.3 Å². The fourth-order valence-electron chi connectivity index (χ4n) is 0.986. The summed E-state index contributed by atoms with van der Waals surface area (Å²) in [5.74, 6) is 0.546. The van der Waals surface area contributed by atoms with Crippen molar-refractivity contribution in [2.45, 2.75) is 13.3 Å². The first-order valence-corrected chi connectivity index (χ1v) is 5.11. The third kappa shape index (κ3) is 8.04. The van der Waals surface area contributed by atoms with Crippen LogP contribution < -0.4 is 0 Å². The Kier molecular flexibility index (Phi) is 9.56. The highest BCUT2D eigenvalue weighted by Crippen LogP contribution is 1.91. The van der Waals surface area contributed by atoms with Crippen molar-refractivity contribution in [1.29, 1.82) is 5.26 Å². The van der Waals surface area contributed by atoms with Crippen LogP contribution in [-0.2, 0) is 4.74 Å². The molecular formula is C9H17ClN2O. The van der Waals surface area contributed by atoms with Gasteiger partial charge in [-0.2, -0.15) is 5.26 Å². The molecule has 0 spiro atoms. The average Bonchev–Trinajstić information content (AvgIpc) is 2.17. The van der Waals surface area contributed by atoms with Gasteiger partial charge in [0, 0.05) is 25.4 Å². The van der Waals surface area contributed by atoms with Gasteiger partial charge in [0.25, 0.3) is 0 Å². The van der Waals surface area contributed by atoms with Gasteiger partial charge < -0.3 is 9.64 Å². The second-order valence-corrected chi connectivity index (χ2v) is 3.02. The Bertz CT molecular complexity index is 147. The standard InChI is InChI=1S/C9H17ClN2O/c1-2-12(6-3-5-11)7-9-13-8-4-10/h2-4,6-9H2,1H3. The van der Waals surface area contributed by atoms with Gasteiger partial charge in [0.15, 0.2) is 0 Å². The molecule has 0 fully saturated rings. The van der Waals surface area contributed by atoms with Crippen LogP contribution in [0.3, 0.4) is 0 Å². The summed E-state index contributed by atoms with van der Waals surface area (Å²) in [6, 6.07) is 2.13. The number of nitrogens with zero attached hydrogens (tertiary/aromatic N) is 2. The SMILES string of the molecule is CCN(CCC#N)CCOCCCl. The van der Waals surface area contributed by atoms with Crippen LogP contribution in [0.5, 0.6) is 0 Å². The molecular weight excluding hydrogens is 188 g/mol. The lowest BCUT2D eigenvalue weighted by Crippen LogP contribution is -2.28. The minimum absolute atomic E-state index is 0.546. The maximum atomic E-state index is 8.39. The van der Waals surface area contributed by atoms with Crippen molar-refractivity contribution in [3.63, 3.8) is 0 Å². The number of hydrogen-bond donors (Lipinski definition) is 0. The lowest BCUT2D eigenvalue weighted by Gasteiger charge is -2.18. The lowest BCUT2D eigenvalue weighted by atomic mass is 10.4. The quantitative estimate of drug-likeness (QED) is 0.444. The number of rotatable bonds is 8. The molecule has 0 rings (SSSR count). The Morgan fingerprint density at radius 3 is 2.69 bits per heavy atom. The van der Waals surface area contributed by atoms with Crippen LogP contribution in [0.4, 0.5) is 0 Å². The Hall–Kier alpha value is -0.300. The van der Waals surface area contributed by atoms with E-state index in [2.05, 4.69) is 17.9 Å². The van der Waals surface area contributed by atoms with E-state index >= 15 is 0 Å². The van der Waals surface area contributed by atoms with Crippen molar-refractivity contribution in [1.82, 2.24) is 4.90 Å². The number of halogens is 1. The Morgan fingerprint density at radius 2 is 2.15 bits per heavy atom. The van der Waals surface area contributed by atoms with E-state index in [1.54, 1.807) is 0 Å². The summed E-state index contributed by atoms with van der Waals surface area (Å²) in [5.41, 5.74) is 0. The second kappa shape index (κ2) is 9.79. The maximum Gasteiger partial charge on any atom is 0.0635 e. The van der Waals surface area contributed by atoms with Crippen molar-refractivity contribution in [3.05, 3.63) is 0 Å². The zero-order chi connectivity index (χ0) is 9.94. The van der Waals surface area contributed by atoms with Crippen molar-refractivity contribution in [3.8, 4) is 6.07 Å². The molecule has 76 valence electrons. The molecule has 0 saturated carbocycles. The first kappa shape index (κ1) is 12.7. The first-order valence-electron chi connectivity index (χ1n) is 4.58. The molecule has 0 aliphatic rings. The van der Waals surface area contributed by atoms with Crippen molar-refractivity contribution in [2.24, 2.45) is 0 Å². The van der Waals surface area contributed by atoms with Crippen LogP contribution >= 0.6 is 11.6 Å². The molecule has 0 atom stereocenters. The summed E-state index contributed by atoms with van der Waals surface area (Å²) in [4.78, 5) is 2.19. The van der Waals surface area contributed by atoms with Crippen LogP contribution in [0, 0.1) is 11.3 Å². The van der Waals surface area contributed by atoms with E-state index in [0.29, 0.717) is 25.5 Å². The molecule has 3 nitrogen and oxygen atoms in total. The van der Waals surface area contributed by atoms with Gasteiger partial charge in [0.05, 0.1) is 19.3 Å². The first-order chi connectivity index (χ1) is 6.35. The van der Waals surface area contributed by atoms with Crippen molar-refractivity contribution in [2.75, 3.05) is 38.7 Å². The second-order valence-electron chi connectivity index (χ2n) is 2.64. The van der Waals surface area contributed by atoms with Gasteiger partial charge in [-0.15, -0.1) is 11.6 Å². The number of hydrogen-bond acceptors (Lipinski definition) is 3. The van der Waals surface area contributed by atoms with Gasteiger partial charge in [0.2, 0.25) is 0 Å². The Labute approximate surface area is 85.2 Å². The van der Waals surface area contributed by atoms with Gasteiger partial charge in [-0.05, 0) is 6.54 Å². The highest BCUT2D eigenvalue weighted by Gasteiger charge is 2.00. The van der Waals surface area contributed by atoms with Crippen molar-refractivity contribution >= 4 is 11.6 Å². The number of alkyl halides is 1. The predicted molar refractivity (Wildman–Crippen MR) is 53.9 cm³/mol. The Morgan fingerprint density at radius 1 is 1.38 bits per heavy atom. The van der Waals surface area contributed by atoms with E-state index in [4.69, 9.17) is 21.6 Å². The minimum Gasteiger partial charge on any atom is -0.379 e. The van der Waals surface area contributed by atoms with Gasteiger partial charge in [-0.25, -0.2) is 0 Å². The number of nitriles is 1. The maximum absolute atomic E-state index is 8.39. The highest BCUT2D eigenvalue weighted by atomic mass is 35.5. The van der Waals surface area contributed by atoms with Crippen LogP contribution in [0.1, 0.15) is 13.3 Å². The van der Waals surface area contributed by atoms with Gasteiger partial charge >= 0.3 is 0 Å². The third-order valence-electron chi connectivity index (χ3n) is 1.76. The summed E-state index contributed by atoms with van der Waals surface area (Å²) < 4.78 is 5.24. The van der Waals surface area contributed by atoms with Crippen LogP contribution in [0.25, 0.3) is 0 Å². The van der Waals surface area contributed by atoms with E-state index in [1.165, 1.54) is 0 Å². The third-order valence-corrected chi connectivity index (χ3v) is 1.91. The van der Waals surface area contributed by atoms with Crippen LogP contribution in [0.15, 0.2) is 0 Å². The van der Waals surface area contributed by atoms with E-state index in [0.717, 1.165) is 19.6 Å². The monoisotopic (exact) mass is 204 g/mol. The minimum atomic E-state index is 0.546. The van der Waals surface area contributed by atoms with Crippen LogP contribution in [0.2, 0.25) is 0 Å². The zero-order valence-corrected chi connectivity index (χ0v) is 8.89. The average molecular weight is 205 g/mol. The molecule has 4 heteroatoms. The fourth-order valence-corrected chi connectivity index (χ4v) is 1.10. The molecule has 0 radical (unpaired) electrons. The summed E-state index contributed by atoms with van der Waals surface area (Å²) in [5, 5.41) is 8.39. The summed E-state index contributed by atoms with van der Waals surface area (Å²) >= 11 is 5.45. The molecule has 0 aliphatic carbocycles. The molecule has 0 N–H and O–H groups in total. The van der Waals surface area contributed by atoms with Crippen molar-refractivity contribution < 1.29 is 4.74 Å². The summed E-state index contributed by atoms with van der Waals surface area (Å²) in [7, 11) is 0. The van der Waals surface area contributed by atoms with E-state index < -0.39 is 0 Å². The van der Waals surface area contributed by atoms with Gasteiger partial charge in [-0.3, -0.25) is 0 Å². The molecule has 0 aliphatic heterocycles. The molecule has 0 heterocycles. The molecule has 0 amide bonds. The molecule has 0 aromatic carbocycles. The van der Waals surface area contributed by atoms with E-state index in [9.17, 15) is 0 Å². The lowest BCUT2D eigenvalue weighted by molar-refractivity contribution is 0.117. The molecule has 0 aromatic rings. The van der Waals surface area contributed by atoms with E-state index in [1.807, 2.05) is 0 Å². The normalized spacial score (nSPS) is 10.3. The van der Waals surface area contributed by atoms with E-state index in [-0.39, 0.29) is 0 Å². The predicted octanol–water partition coefficient (Wildman–Crippen LogP) is 1.48. The molecule has 0 bridgehead atoms. The summed E-state index contributed by atoms with van der Waals surface area (Å²) in [6.45, 7) is 6.07. The van der Waals surface area contributed by atoms with Gasteiger partial charge in [-0.1, -0.05) is 6.92 Å². The van der Waals surface area contributed by atoms with Gasteiger partial charge in [0.1, 0.15) is 0 Å². The largest absolute Gasteiger partial charge is 0.379 e. The molecule has 0 unspecified atom stereocenters.